The normalized spacial score (nSPS) is 21.1. The highest BCUT2D eigenvalue weighted by Crippen LogP contribution is 2.41. The number of aromatic nitrogens is 3. The molecule has 1 N–H and O–H groups in total. The van der Waals surface area contributed by atoms with Crippen molar-refractivity contribution in [3.05, 3.63) is 64.2 Å². The molecule has 1 fully saturated rings. The molecule has 0 spiro atoms. The zero-order valence-corrected chi connectivity index (χ0v) is 22.8. The number of fused-ring (bicyclic) bond motifs is 1. The molecule has 204 valence electrons. The lowest BCUT2D eigenvalue weighted by Crippen LogP contribution is -2.56. The molecule has 0 aliphatic carbocycles. The Bertz CT molecular complexity index is 1480. The van der Waals surface area contributed by atoms with Crippen molar-refractivity contribution in [1.82, 2.24) is 19.4 Å². The molecule has 10 heteroatoms. The molecule has 0 bridgehead atoms. The van der Waals surface area contributed by atoms with Crippen molar-refractivity contribution >= 4 is 16.8 Å². The molecular weight excluding hydrogens is 495 g/mol. The van der Waals surface area contributed by atoms with Gasteiger partial charge in [0.15, 0.2) is 5.49 Å². The number of likely N-dealkylation sites (tertiary alicyclic amines) is 1. The van der Waals surface area contributed by atoms with Gasteiger partial charge in [0, 0.05) is 37.9 Å². The summed E-state index contributed by atoms with van der Waals surface area (Å²) in [6.45, 7) is 10.8. The van der Waals surface area contributed by atoms with Crippen molar-refractivity contribution in [2.45, 2.75) is 77.7 Å². The number of rotatable bonds is 3. The third-order valence-electron chi connectivity index (χ3n) is 7.75. The lowest BCUT2D eigenvalue weighted by atomic mass is 9.77. The van der Waals surface area contributed by atoms with E-state index in [4.69, 9.17) is 4.99 Å². The summed E-state index contributed by atoms with van der Waals surface area (Å²) in [5.74, 6) is 0.614. The first-order valence-electron chi connectivity index (χ1n) is 12.6. The molecule has 1 aliphatic heterocycles. The maximum atomic E-state index is 13.5. The van der Waals surface area contributed by atoms with Gasteiger partial charge >= 0.3 is 6.18 Å². The molecule has 3 heterocycles. The number of aryl methyl sites for hydroxylation is 2. The number of pyridine rings is 1. The molecule has 2 atom stereocenters. The van der Waals surface area contributed by atoms with E-state index < -0.39 is 28.9 Å². The van der Waals surface area contributed by atoms with Gasteiger partial charge in [-0.2, -0.15) is 13.2 Å². The Morgan fingerprint density at radius 1 is 1.24 bits per heavy atom. The van der Waals surface area contributed by atoms with Gasteiger partial charge in [-0.1, -0.05) is 12.1 Å². The summed E-state index contributed by atoms with van der Waals surface area (Å²) >= 11 is 0. The average molecular weight is 530 g/mol. The van der Waals surface area contributed by atoms with E-state index in [1.807, 2.05) is 32.4 Å². The Morgan fingerprint density at radius 3 is 2.53 bits per heavy atom. The lowest BCUT2D eigenvalue weighted by Gasteiger charge is -2.48. The van der Waals surface area contributed by atoms with Crippen molar-refractivity contribution in [1.29, 1.82) is 0 Å². The smallest absolute Gasteiger partial charge is 0.383 e. The fourth-order valence-corrected chi connectivity index (χ4v) is 5.68. The fraction of sp³-hybridized carbons (Fsp3) is 0.500. The van der Waals surface area contributed by atoms with Crippen molar-refractivity contribution < 1.29 is 23.1 Å². The molecular formula is C28H34F3N5O2. The number of nitrogens with zero attached hydrogens (tertiary/aromatic N) is 5. The van der Waals surface area contributed by atoms with Crippen LogP contribution in [-0.2, 0) is 23.6 Å². The lowest BCUT2D eigenvalue weighted by molar-refractivity contribution is -0.145. The fourth-order valence-electron chi connectivity index (χ4n) is 5.68. The average Bonchev–Trinajstić information content (AvgIpc) is 2.80. The van der Waals surface area contributed by atoms with Gasteiger partial charge in [0.2, 0.25) is 5.91 Å². The van der Waals surface area contributed by atoms with Crippen LogP contribution < -0.4 is 5.49 Å². The van der Waals surface area contributed by atoms with Crippen LogP contribution in [0.3, 0.4) is 0 Å². The second-order valence-corrected chi connectivity index (χ2v) is 10.9. The number of aliphatic hydroxyl groups is 1. The van der Waals surface area contributed by atoms with Crippen LogP contribution in [0.2, 0.25) is 0 Å². The molecule has 1 aromatic carbocycles. The minimum atomic E-state index is -4.45. The predicted octanol–water partition coefficient (Wildman–Crippen LogP) is 4.87. The Morgan fingerprint density at radius 2 is 1.92 bits per heavy atom. The minimum Gasteiger partial charge on any atom is -0.383 e. The summed E-state index contributed by atoms with van der Waals surface area (Å²) in [5.41, 5.74) is -0.376. The van der Waals surface area contributed by atoms with Gasteiger partial charge < -0.3 is 14.6 Å². The SMILES string of the molecule is CC(=O)N1CCC(O)(c2cc3c(=NC(C)c4cccc(C(F)(F)F)c4C)nc(C)n(C)c3cn2)CC1(C)C. The maximum absolute atomic E-state index is 13.5. The summed E-state index contributed by atoms with van der Waals surface area (Å²) < 4.78 is 42.4. The van der Waals surface area contributed by atoms with Crippen LogP contribution in [0.4, 0.5) is 13.2 Å². The van der Waals surface area contributed by atoms with Crippen LogP contribution in [0, 0.1) is 13.8 Å². The third-order valence-corrected chi connectivity index (χ3v) is 7.75. The van der Waals surface area contributed by atoms with Crippen LogP contribution in [0.1, 0.15) is 74.8 Å². The Hall–Kier alpha value is -3.27. The standard InChI is InChI=1S/C28H34F3N5O2/c1-16-20(9-8-10-22(16)28(29,30)31)17(2)33-25-21-13-24(32-14-23(21)35(7)18(3)34-25)27(38)11-12-36(19(4)37)26(5,6)15-27/h8-10,13-14,17,38H,11-12,15H2,1-7H3. The van der Waals surface area contributed by atoms with Gasteiger partial charge in [-0.3, -0.25) is 14.8 Å². The molecule has 2 aromatic heterocycles. The van der Waals surface area contributed by atoms with E-state index in [2.05, 4.69) is 9.97 Å². The van der Waals surface area contributed by atoms with E-state index in [1.54, 1.807) is 30.2 Å². The number of hydrogen-bond acceptors (Lipinski definition) is 5. The molecule has 4 rings (SSSR count). The Kier molecular flexibility index (Phi) is 6.93. The molecule has 7 nitrogen and oxygen atoms in total. The summed E-state index contributed by atoms with van der Waals surface area (Å²) in [4.78, 5) is 27.9. The molecule has 1 saturated heterocycles. The maximum Gasteiger partial charge on any atom is 0.416 e. The van der Waals surface area contributed by atoms with Crippen molar-refractivity contribution in [2.24, 2.45) is 12.0 Å². The van der Waals surface area contributed by atoms with Crippen LogP contribution in [0.5, 0.6) is 0 Å². The van der Waals surface area contributed by atoms with E-state index >= 15 is 0 Å². The zero-order valence-electron chi connectivity index (χ0n) is 22.8. The summed E-state index contributed by atoms with van der Waals surface area (Å²) in [5, 5.41) is 12.3. The number of benzene rings is 1. The van der Waals surface area contributed by atoms with E-state index in [1.165, 1.54) is 19.9 Å². The molecule has 2 unspecified atom stereocenters. The van der Waals surface area contributed by atoms with Crippen LogP contribution in [-0.4, -0.2) is 42.5 Å². The molecule has 0 radical (unpaired) electrons. The third kappa shape index (κ3) is 4.93. The van der Waals surface area contributed by atoms with E-state index in [0.717, 1.165) is 11.6 Å². The number of halogens is 3. The monoisotopic (exact) mass is 529 g/mol. The predicted molar refractivity (Wildman–Crippen MR) is 138 cm³/mol. The second kappa shape index (κ2) is 9.48. The number of hydrogen-bond donors (Lipinski definition) is 1. The summed E-state index contributed by atoms with van der Waals surface area (Å²) in [7, 11) is 1.85. The van der Waals surface area contributed by atoms with E-state index in [9.17, 15) is 23.1 Å². The first-order chi connectivity index (χ1) is 17.5. The number of alkyl halides is 3. The molecule has 1 aliphatic rings. The largest absolute Gasteiger partial charge is 0.416 e. The molecule has 1 amide bonds. The van der Waals surface area contributed by atoms with Gasteiger partial charge in [-0.05, 0) is 64.3 Å². The van der Waals surface area contributed by atoms with Gasteiger partial charge in [0.05, 0.1) is 29.0 Å². The first kappa shape index (κ1) is 27.8. The van der Waals surface area contributed by atoms with E-state index in [0.29, 0.717) is 47.3 Å². The highest BCUT2D eigenvalue weighted by atomic mass is 19.4. The van der Waals surface area contributed by atoms with Crippen LogP contribution in [0.25, 0.3) is 10.9 Å². The highest BCUT2D eigenvalue weighted by Gasteiger charge is 2.46. The first-order valence-corrected chi connectivity index (χ1v) is 12.6. The van der Waals surface area contributed by atoms with Crippen molar-refractivity contribution in [3.63, 3.8) is 0 Å². The number of amides is 1. The topological polar surface area (TPSA) is 83.6 Å². The summed E-state index contributed by atoms with van der Waals surface area (Å²) in [6, 6.07) is 5.29. The number of piperidine rings is 1. The highest BCUT2D eigenvalue weighted by molar-refractivity contribution is 5.78. The Balaban J connectivity index is 1.85. The second-order valence-electron chi connectivity index (χ2n) is 10.9. The molecule has 0 saturated carbocycles. The number of carbonyl (C=O) groups is 1. The molecule has 3 aromatic rings. The van der Waals surface area contributed by atoms with Gasteiger partial charge in [0.1, 0.15) is 11.4 Å². The van der Waals surface area contributed by atoms with Gasteiger partial charge in [-0.15, -0.1) is 0 Å². The van der Waals surface area contributed by atoms with Crippen LogP contribution in [0.15, 0.2) is 35.5 Å². The zero-order chi connectivity index (χ0) is 28.2. The number of carbonyl (C=O) groups excluding carboxylic acids is 1. The van der Waals surface area contributed by atoms with E-state index in [-0.39, 0.29) is 11.5 Å². The van der Waals surface area contributed by atoms with Gasteiger partial charge in [-0.25, -0.2) is 4.98 Å². The van der Waals surface area contributed by atoms with Crippen LogP contribution >= 0.6 is 0 Å². The summed E-state index contributed by atoms with van der Waals surface area (Å²) in [6.07, 6.45) is -2.16. The minimum absolute atomic E-state index is 0.0461. The van der Waals surface area contributed by atoms with Gasteiger partial charge in [0.25, 0.3) is 0 Å². The quantitative estimate of drug-likeness (QED) is 0.525. The Labute approximate surface area is 220 Å². The molecule has 38 heavy (non-hydrogen) atoms. The van der Waals surface area contributed by atoms with Crippen molar-refractivity contribution in [2.75, 3.05) is 6.54 Å². The van der Waals surface area contributed by atoms with Crippen molar-refractivity contribution in [3.8, 4) is 0 Å².